The third-order valence-electron chi connectivity index (χ3n) is 3.67. The minimum Gasteiger partial charge on any atom is -0.497 e. The van der Waals surface area contributed by atoms with Gasteiger partial charge in [0.15, 0.2) is 5.13 Å². The molecule has 2 heterocycles. The molecule has 0 bridgehead atoms. The van der Waals surface area contributed by atoms with E-state index < -0.39 is 0 Å². The number of anilines is 1. The number of aryl methyl sites for hydroxylation is 1. The van der Waals surface area contributed by atoms with Crippen molar-refractivity contribution >= 4 is 34.1 Å². The minimum absolute atomic E-state index is 0.208. The van der Waals surface area contributed by atoms with E-state index in [2.05, 4.69) is 22.2 Å². The van der Waals surface area contributed by atoms with E-state index in [1.807, 2.05) is 37.3 Å². The number of thioether (sulfide) groups is 1. The Labute approximate surface area is 160 Å². The smallest absolute Gasteiger partial charge is 0.259 e. The van der Waals surface area contributed by atoms with Crippen LogP contribution in [0.5, 0.6) is 5.75 Å². The summed E-state index contributed by atoms with van der Waals surface area (Å²) in [5.41, 5.74) is 2.37. The highest BCUT2D eigenvalue weighted by atomic mass is 32.2. The fourth-order valence-corrected chi connectivity index (χ4v) is 3.80. The molecular formula is C19H19N3O2S2. The van der Waals surface area contributed by atoms with Gasteiger partial charge in [-0.3, -0.25) is 10.1 Å². The summed E-state index contributed by atoms with van der Waals surface area (Å²) in [6.45, 7) is 4.06. The van der Waals surface area contributed by atoms with E-state index in [0.29, 0.717) is 10.7 Å². The van der Waals surface area contributed by atoms with Crippen molar-refractivity contribution in [3.63, 3.8) is 0 Å². The van der Waals surface area contributed by atoms with Crippen LogP contribution in [0.25, 0.3) is 11.3 Å². The molecule has 1 N–H and O–H groups in total. The molecule has 1 aromatic carbocycles. The van der Waals surface area contributed by atoms with Crippen molar-refractivity contribution in [1.29, 1.82) is 0 Å². The predicted octanol–water partition coefficient (Wildman–Crippen LogP) is 4.89. The molecule has 7 heteroatoms. The second kappa shape index (κ2) is 8.33. The minimum atomic E-state index is -0.208. The molecule has 0 atom stereocenters. The topological polar surface area (TPSA) is 64.1 Å². The molecule has 2 aromatic heterocycles. The lowest BCUT2D eigenvalue weighted by atomic mass is 10.1. The van der Waals surface area contributed by atoms with Gasteiger partial charge in [0.25, 0.3) is 5.91 Å². The van der Waals surface area contributed by atoms with Crippen LogP contribution in [0.15, 0.2) is 47.6 Å². The monoisotopic (exact) mass is 385 g/mol. The number of aromatic nitrogens is 2. The lowest BCUT2D eigenvalue weighted by molar-refractivity contribution is 0.102. The van der Waals surface area contributed by atoms with Gasteiger partial charge in [0.05, 0.1) is 23.4 Å². The summed E-state index contributed by atoms with van der Waals surface area (Å²) in [4.78, 5) is 22.3. The van der Waals surface area contributed by atoms with Crippen LogP contribution < -0.4 is 10.1 Å². The van der Waals surface area contributed by atoms with Gasteiger partial charge in [0.2, 0.25) is 0 Å². The number of ether oxygens (including phenoxy) is 1. The van der Waals surface area contributed by atoms with Crippen LogP contribution in [0.4, 0.5) is 5.13 Å². The molecule has 1 amide bonds. The van der Waals surface area contributed by atoms with Gasteiger partial charge in [-0.25, -0.2) is 9.97 Å². The molecule has 3 aromatic rings. The van der Waals surface area contributed by atoms with Gasteiger partial charge in [-0.15, -0.1) is 23.1 Å². The summed E-state index contributed by atoms with van der Waals surface area (Å²) < 4.78 is 5.18. The summed E-state index contributed by atoms with van der Waals surface area (Å²) in [7, 11) is 1.64. The van der Waals surface area contributed by atoms with Gasteiger partial charge in [0.1, 0.15) is 5.75 Å². The van der Waals surface area contributed by atoms with Crippen molar-refractivity contribution in [2.24, 2.45) is 0 Å². The number of rotatable bonds is 6. The second-order valence-corrected chi connectivity index (χ2v) is 7.91. The zero-order valence-electron chi connectivity index (χ0n) is 14.8. The van der Waals surface area contributed by atoms with Gasteiger partial charge >= 0.3 is 0 Å². The Kier molecular flexibility index (Phi) is 5.90. The zero-order chi connectivity index (χ0) is 18.5. The Bertz CT molecular complexity index is 890. The molecule has 0 saturated heterocycles. The van der Waals surface area contributed by atoms with Gasteiger partial charge < -0.3 is 4.74 Å². The molecule has 0 spiro atoms. The standard InChI is InChI=1S/C19H19N3O2S2/c1-4-25-16-10-7-14(11-20-16)18(23)22-19-21-17(12(2)26-19)13-5-8-15(24-3)9-6-13/h5-11H,4H2,1-3H3,(H,21,22,23). The Morgan fingerprint density at radius 1 is 1.23 bits per heavy atom. The van der Waals surface area contributed by atoms with Gasteiger partial charge in [-0.05, 0) is 49.1 Å². The summed E-state index contributed by atoms with van der Waals surface area (Å²) in [6, 6.07) is 11.4. The van der Waals surface area contributed by atoms with Crippen LogP contribution in [0.2, 0.25) is 0 Å². The number of hydrogen-bond donors (Lipinski definition) is 1. The maximum atomic E-state index is 12.4. The first kappa shape index (κ1) is 18.4. The molecule has 0 unspecified atom stereocenters. The summed E-state index contributed by atoms with van der Waals surface area (Å²) in [6.07, 6.45) is 1.60. The summed E-state index contributed by atoms with van der Waals surface area (Å²) in [5.74, 6) is 1.54. The van der Waals surface area contributed by atoms with Crippen molar-refractivity contribution in [3.05, 3.63) is 53.0 Å². The van der Waals surface area contributed by atoms with E-state index in [0.717, 1.165) is 32.7 Å². The van der Waals surface area contributed by atoms with E-state index in [1.165, 1.54) is 11.3 Å². The third kappa shape index (κ3) is 4.23. The number of hydrogen-bond acceptors (Lipinski definition) is 6. The number of carbonyl (C=O) groups is 1. The largest absolute Gasteiger partial charge is 0.497 e. The first-order chi connectivity index (χ1) is 12.6. The zero-order valence-corrected chi connectivity index (χ0v) is 16.4. The summed E-state index contributed by atoms with van der Waals surface area (Å²) in [5, 5.41) is 4.35. The number of pyridine rings is 1. The lowest BCUT2D eigenvalue weighted by Crippen LogP contribution is -2.12. The fraction of sp³-hybridized carbons (Fsp3) is 0.211. The number of nitrogens with zero attached hydrogens (tertiary/aromatic N) is 2. The molecule has 0 radical (unpaired) electrons. The van der Waals surface area contributed by atoms with E-state index >= 15 is 0 Å². The van der Waals surface area contributed by atoms with Crippen LogP contribution in [-0.4, -0.2) is 28.7 Å². The second-order valence-electron chi connectivity index (χ2n) is 5.42. The first-order valence-electron chi connectivity index (χ1n) is 8.12. The number of amides is 1. The third-order valence-corrected chi connectivity index (χ3v) is 5.38. The number of carbonyl (C=O) groups excluding carboxylic acids is 1. The Morgan fingerprint density at radius 3 is 2.62 bits per heavy atom. The van der Waals surface area contributed by atoms with Crippen molar-refractivity contribution < 1.29 is 9.53 Å². The van der Waals surface area contributed by atoms with Crippen molar-refractivity contribution in [2.75, 3.05) is 18.2 Å². The van der Waals surface area contributed by atoms with Crippen LogP contribution in [0.1, 0.15) is 22.2 Å². The van der Waals surface area contributed by atoms with Crippen molar-refractivity contribution in [3.8, 4) is 17.0 Å². The number of benzene rings is 1. The molecule has 0 aliphatic rings. The van der Waals surface area contributed by atoms with Crippen LogP contribution in [0, 0.1) is 6.92 Å². The van der Waals surface area contributed by atoms with E-state index in [4.69, 9.17) is 4.74 Å². The number of thiazole rings is 1. The van der Waals surface area contributed by atoms with Crippen LogP contribution >= 0.6 is 23.1 Å². The molecular weight excluding hydrogens is 366 g/mol. The number of methoxy groups -OCH3 is 1. The Morgan fingerprint density at radius 2 is 2.00 bits per heavy atom. The number of nitrogens with one attached hydrogen (secondary N) is 1. The Balaban J connectivity index is 1.74. The molecule has 5 nitrogen and oxygen atoms in total. The highest BCUT2D eigenvalue weighted by Crippen LogP contribution is 2.31. The highest BCUT2D eigenvalue weighted by molar-refractivity contribution is 7.99. The lowest BCUT2D eigenvalue weighted by Gasteiger charge is -2.03. The van der Waals surface area contributed by atoms with E-state index in [9.17, 15) is 4.79 Å². The molecule has 3 rings (SSSR count). The summed E-state index contributed by atoms with van der Waals surface area (Å²) >= 11 is 3.10. The van der Waals surface area contributed by atoms with Crippen LogP contribution in [-0.2, 0) is 0 Å². The average molecular weight is 386 g/mol. The maximum Gasteiger partial charge on any atom is 0.259 e. The first-order valence-corrected chi connectivity index (χ1v) is 9.93. The van der Waals surface area contributed by atoms with Gasteiger partial charge in [-0.2, -0.15) is 0 Å². The average Bonchev–Trinajstić information content (AvgIpc) is 3.02. The molecule has 0 saturated carbocycles. The quantitative estimate of drug-likeness (QED) is 0.612. The highest BCUT2D eigenvalue weighted by Gasteiger charge is 2.13. The predicted molar refractivity (Wildman–Crippen MR) is 107 cm³/mol. The van der Waals surface area contributed by atoms with Crippen molar-refractivity contribution in [1.82, 2.24) is 9.97 Å². The molecule has 134 valence electrons. The van der Waals surface area contributed by atoms with Gasteiger partial charge in [-0.1, -0.05) is 6.92 Å². The molecule has 0 aliphatic carbocycles. The maximum absolute atomic E-state index is 12.4. The Hall–Kier alpha value is -2.38. The SMILES string of the molecule is CCSc1ccc(C(=O)Nc2nc(-c3ccc(OC)cc3)c(C)s2)cn1. The fourth-order valence-electron chi connectivity index (χ4n) is 2.38. The van der Waals surface area contributed by atoms with Crippen molar-refractivity contribution in [2.45, 2.75) is 18.9 Å². The van der Waals surface area contributed by atoms with Crippen LogP contribution in [0.3, 0.4) is 0 Å². The van der Waals surface area contributed by atoms with E-state index in [1.54, 1.807) is 31.1 Å². The molecule has 26 heavy (non-hydrogen) atoms. The van der Waals surface area contributed by atoms with Gasteiger partial charge in [0, 0.05) is 16.6 Å². The normalized spacial score (nSPS) is 10.6. The molecule has 0 aliphatic heterocycles. The van der Waals surface area contributed by atoms with E-state index in [-0.39, 0.29) is 5.91 Å². The molecule has 0 fully saturated rings.